The van der Waals surface area contributed by atoms with Gasteiger partial charge in [-0.05, 0) is 49.1 Å². The minimum Gasteiger partial charge on any atom is -0.492 e. The largest absolute Gasteiger partial charge is 0.492 e. The number of hydrogen-bond acceptors (Lipinski definition) is 2. The van der Waals surface area contributed by atoms with Gasteiger partial charge in [-0.2, -0.15) is 0 Å². The molecule has 0 fully saturated rings. The molecule has 0 aliphatic rings. The smallest absolute Gasteiger partial charge is 0.119 e. The van der Waals surface area contributed by atoms with Gasteiger partial charge in [0, 0.05) is 6.04 Å². The molecule has 0 spiro atoms. The van der Waals surface area contributed by atoms with Gasteiger partial charge in [0.15, 0.2) is 0 Å². The molecule has 2 heteroatoms. The maximum atomic E-state index is 5.95. The molecule has 0 aromatic heterocycles. The summed E-state index contributed by atoms with van der Waals surface area (Å²) in [6.07, 6.45) is 0. The van der Waals surface area contributed by atoms with Crippen molar-refractivity contribution in [2.75, 3.05) is 13.2 Å². The molecule has 1 aromatic rings. The summed E-state index contributed by atoms with van der Waals surface area (Å²) >= 11 is 0. The van der Waals surface area contributed by atoms with E-state index in [0.29, 0.717) is 12.6 Å². The van der Waals surface area contributed by atoms with E-state index < -0.39 is 0 Å². The Hall–Kier alpha value is -1.02. The molecule has 102 valence electrons. The molecular formula is C16H27NO. The van der Waals surface area contributed by atoms with Gasteiger partial charge in [0.2, 0.25) is 0 Å². The van der Waals surface area contributed by atoms with Crippen LogP contribution in [0.25, 0.3) is 0 Å². The maximum absolute atomic E-state index is 5.95. The summed E-state index contributed by atoms with van der Waals surface area (Å²) in [6.45, 7) is 14.7. The summed E-state index contributed by atoms with van der Waals surface area (Å²) in [7, 11) is 0. The molecule has 1 aromatic carbocycles. The molecule has 18 heavy (non-hydrogen) atoms. The first kappa shape index (κ1) is 15.0. The van der Waals surface area contributed by atoms with Gasteiger partial charge < -0.3 is 10.1 Å². The number of aryl methyl sites for hydroxylation is 2. The van der Waals surface area contributed by atoms with E-state index >= 15 is 0 Å². The number of ether oxygens (including phenoxy) is 1. The second-order valence-corrected chi connectivity index (χ2v) is 6.11. The van der Waals surface area contributed by atoms with Crippen LogP contribution < -0.4 is 10.1 Å². The summed E-state index contributed by atoms with van der Waals surface area (Å²) in [6, 6.07) is 6.72. The SMILES string of the molecule is CCNC(COc1cc(C)cc(C)c1)C(C)(C)C. The Morgan fingerprint density at radius 2 is 1.67 bits per heavy atom. The van der Waals surface area contributed by atoms with Crippen LogP contribution in [0.3, 0.4) is 0 Å². The number of hydrogen-bond donors (Lipinski definition) is 1. The molecule has 0 saturated carbocycles. The fourth-order valence-corrected chi connectivity index (χ4v) is 2.06. The molecule has 1 rings (SSSR count). The lowest BCUT2D eigenvalue weighted by molar-refractivity contribution is 0.176. The van der Waals surface area contributed by atoms with Crippen LogP contribution in [0, 0.1) is 19.3 Å². The lowest BCUT2D eigenvalue weighted by Gasteiger charge is -2.31. The van der Waals surface area contributed by atoms with Gasteiger partial charge in [0.25, 0.3) is 0 Å². The van der Waals surface area contributed by atoms with E-state index in [1.165, 1.54) is 11.1 Å². The van der Waals surface area contributed by atoms with Gasteiger partial charge in [-0.25, -0.2) is 0 Å². The van der Waals surface area contributed by atoms with Gasteiger partial charge in [0.05, 0.1) is 0 Å². The van der Waals surface area contributed by atoms with E-state index in [9.17, 15) is 0 Å². The molecular weight excluding hydrogens is 222 g/mol. The van der Waals surface area contributed by atoms with Crippen LogP contribution in [0.1, 0.15) is 38.8 Å². The van der Waals surface area contributed by atoms with E-state index in [1.807, 2.05) is 0 Å². The van der Waals surface area contributed by atoms with E-state index in [-0.39, 0.29) is 5.41 Å². The highest BCUT2D eigenvalue weighted by Crippen LogP contribution is 2.22. The molecule has 1 N–H and O–H groups in total. The molecule has 0 heterocycles. The van der Waals surface area contributed by atoms with Crippen LogP contribution in [0.4, 0.5) is 0 Å². The van der Waals surface area contributed by atoms with E-state index in [2.05, 4.69) is 65.1 Å². The third-order valence-electron chi connectivity index (χ3n) is 3.11. The summed E-state index contributed by atoms with van der Waals surface area (Å²) in [4.78, 5) is 0. The number of nitrogens with one attached hydrogen (secondary N) is 1. The average molecular weight is 249 g/mol. The minimum absolute atomic E-state index is 0.203. The molecule has 2 nitrogen and oxygen atoms in total. The molecule has 0 saturated heterocycles. The van der Waals surface area contributed by atoms with Crippen molar-refractivity contribution in [3.63, 3.8) is 0 Å². The van der Waals surface area contributed by atoms with E-state index in [0.717, 1.165) is 12.3 Å². The molecule has 0 radical (unpaired) electrons. The van der Waals surface area contributed by atoms with Crippen LogP contribution in [-0.2, 0) is 0 Å². The summed E-state index contributed by atoms with van der Waals surface area (Å²) < 4.78 is 5.95. The Morgan fingerprint density at radius 1 is 1.11 bits per heavy atom. The quantitative estimate of drug-likeness (QED) is 0.859. The Kier molecular flexibility index (Phi) is 5.21. The van der Waals surface area contributed by atoms with Gasteiger partial charge >= 0.3 is 0 Å². The topological polar surface area (TPSA) is 21.3 Å². The number of benzene rings is 1. The second-order valence-electron chi connectivity index (χ2n) is 6.11. The Labute approximate surface area is 112 Å². The highest BCUT2D eigenvalue weighted by Gasteiger charge is 2.24. The lowest BCUT2D eigenvalue weighted by atomic mass is 9.87. The zero-order valence-electron chi connectivity index (χ0n) is 12.6. The molecule has 0 bridgehead atoms. The van der Waals surface area contributed by atoms with Crippen molar-refractivity contribution in [2.24, 2.45) is 5.41 Å². The Morgan fingerprint density at radius 3 is 2.11 bits per heavy atom. The third-order valence-corrected chi connectivity index (χ3v) is 3.11. The fourth-order valence-electron chi connectivity index (χ4n) is 2.06. The lowest BCUT2D eigenvalue weighted by Crippen LogP contribution is -2.44. The summed E-state index contributed by atoms with van der Waals surface area (Å²) in [5.41, 5.74) is 2.70. The van der Waals surface area contributed by atoms with Crippen molar-refractivity contribution < 1.29 is 4.74 Å². The molecule has 0 amide bonds. The van der Waals surface area contributed by atoms with Crippen LogP contribution in [0.5, 0.6) is 5.75 Å². The summed E-state index contributed by atoms with van der Waals surface area (Å²) in [5, 5.41) is 3.50. The normalized spacial score (nSPS) is 13.4. The standard InChI is InChI=1S/C16H27NO/c1-7-17-15(16(4,5)6)11-18-14-9-12(2)8-13(3)10-14/h8-10,15,17H,7,11H2,1-6H3. The van der Waals surface area contributed by atoms with Gasteiger partial charge in [-0.3, -0.25) is 0 Å². The maximum Gasteiger partial charge on any atom is 0.119 e. The van der Waals surface area contributed by atoms with Crippen molar-refractivity contribution in [1.82, 2.24) is 5.32 Å². The molecule has 0 aliphatic carbocycles. The van der Waals surface area contributed by atoms with Crippen molar-refractivity contribution in [1.29, 1.82) is 0 Å². The first-order chi connectivity index (χ1) is 8.32. The van der Waals surface area contributed by atoms with Crippen molar-refractivity contribution >= 4 is 0 Å². The van der Waals surface area contributed by atoms with Crippen molar-refractivity contribution in [3.05, 3.63) is 29.3 Å². The highest BCUT2D eigenvalue weighted by molar-refractivity contribution is 5.33. The van der Waals surface area contributed by atoms with Crippen molar-refractivity contribution in [3.8, 4) is 5.75 Å². The monoisotopic (exact) mass is 249 g/mol. The average Bonchev–Trinajstić information content (AvgIpc) is 2.21. The number of rotatable bonds is 5. The fraction of sp³-hybridized carbons (Fsp3) is 0.625. The van der Waals surface area contributed by atoms with Gasteiger partial charge in [-0.1, -0.05) is 33.8 Å². The van der Waals surface area contributed by atoms with Gasteiger partial charge in [0.1, 0.15) is 12.4 Å². The highest BCUT2D eigenvalue weighted by atomic mass is 16.5. The zero-order chi connectivity index (χ0) is 13.8. The molecule has 1 atom stereocenters. The molecule has 1 unspecified atom stereocenters. The van der Waals surface area contributed by atoms with E-state index in [4.69, 9.17) is 4.74 Å². The van der Waals surface area contributed by atoms with Gasteiger partial charge in [-0.15, -0.1) is 0 Å². The Bertz CT molecular complexity index is 359. The van der Waals surface area contributed by atoms with Crippen molar-refractivity contribution in [2.45, 2.75) is 47.6 Å². The number of likely N-dealkylation sites (N-methyl/N-ethyl adjacent to an activating group) is 1. The molecule has 0 aliphatic heterocycles. The minimum atomic E-state index is 0.203. The van der Waals surface area contributed by atoms with E-state index in [1.54, 1.807) is 0 Å². The zero-order valence-corrected chi connectivity index (χ0v) is 12.6. The third kappa shape index (κ3) is 4.69. The first-order valence-electron chi connectivity index (χ1n) is 6.77. The van der Waals surface area contributed by atoms with Crippen LogP contribution in [-0.4, -0.2) is 19.2 Å². The van der Waals surface area contributed by atoms with Crippen LogP contribution in [0.2, 0.25) is 0 Å². The van der Waals surface area contributed by atoms with Crippen LogP contribution >= 0.6 is 0 Å². The first-order valence-corrected chi connectivity index (χ1v) is 6.77. The predicted molar refractivity (Wildman–Crippen MR) is 78.3 cm³/mol. The van der Waals surface area contributed by atoms with Crippen LogP contribution in [0.15, 0.2) is 18.2 Å². The summed E-state index contributed by atoms with van der Waals surface area (Å²) in [5.74, 6) is 0.972. The second kappa shape index (κ2) is 6.24. The Balaban J connectivity index is 2.67. The predicted octanol–water partition coefficient (Wildman–Crippen LogP) is 3.71.